The van der Waals surface area contributed by atoms with Gasteiger partial charge in [0.1, 0.15) is 11.6 Å². The van der Waals surface area contributed by atoms with Crippen LogP contribution < -0.4 is 18.7 Å². The van der Waals surface area contributed by atoms with E-state index in [1.165, 1.54) is 12.1 Å². The first-order valence-corrected chi connectivity index (χ1v) is 12.3. The first-order valence-electron chi connectivity index (χ1n) is 11.1. The van der Waals surface area contributed by atoms with E-state index in [1.807, 2.05) is 53.8 Å². The third-order valence-electron chi connectivity index (χ3n) is 5.74. The minimum Gasteiger partial charge on any atom is -0.495 e. The molecule has 2 heterocycles. The van der Waals surface area contributed by atoms with Crippen molar-refractivity contribution in [2.24, 2.45) is 0 Å². The molecule has 1 N–H and O–H groups in total. The smallest absolute Gasteiger partial charge is 0.250 e. The molecule has 1 saturated heterocycles. The number of ether oxygens (including phenoxy) is 1. The maximum atomic E-state index is 13.3. The number of aromatic nitrogens is 2. The molecule has 1 amide bonds. The maximum absolute atomic E-state index is 13.3. The molecule has 0 radical (unpaired) electrons. The predicted octanol–water partition coefficient (Wildman–Crippen LogP) is 0.971. The van der Waals surface area contributed by atoms with Gasteiger partial charge in [0, 0.05) is 18.3 Å². The van der Waals surface area contributed by atoms with E-state index in [-0.39, 0.29) is 17.8 Å². The van der Waals surface area contributed by atoms with Crippen LogP contribution in [-0.2, 0) is 4.79 Å². The summed E-state index contributed by atoms with van der Waals surface area (Å²) in [5.74, 6) is 0.465. The van der Waals surface area contributed by atoms with E-state index >= 15 is 0 Å². The number of piperidine rings is 1. The number of amides is 1. The number of carbonyl (C=O) groups is 1. The van der Waals surface area contributed by atoms with Crippen molar-refractivity contribution < 1.29 is 42.8 Å². The van der Waals surface area contributed by atoms with E-state index in [0.717, 1.165) is 40.9 Å². The molecule has 4 rings (SSSR count). The molecule has 1 atom stereocenters. The van der Waals surface area contributed by atoms with Crippen LogP contribution in [0, 0.1) is 23.0 Å². The maximum Gasteiger partial charge on any atom is 0.250 e. The monoisotopic (exact) mass is 519 g/mol. The zero-order chi connectivity index (χ0) is 26.5. The van der Waals surface area contributed by atoms with Crippen LogP contribution in [0.15, 0.2) is 60.6 Å². The Kier molecular flexibility index (Phi) is 8.83. The Hall–Kier alpha value is -3.28. The fraction of sp³-hybridized carbons (Fsp3) is 0.280. The number of aryl methyl sites for hydroxylation is 1. The van der Waals surface area contributed by atoms with Crippen LogP contribution in [0.1, 0.15) is 42.6 Å². The molecule has 2 aromatic carbocycles. The van der Waals surface area contributed by atoms with Gasteiger partial charge in [-0.3, -0.25) is 4.79 Å². The zero-order valence-corrected chi connectivity index (χ0v) is 20.8. The number of rotatable bonds is 5. The number of hydrogen-bond donors (Lipinski definition) is 1. The van der Waals surface area contributed by atoms with E-state index in [1.54, 1.807) is 25.6 Å². The number of likely N-dealkylation sites (tertiary alicyclic amines) is 1. The summed E-state index contributed by atoms with van der Waals surface area (Å²) in [6, 6.07) is 12.1. The van der Waals surface area contributed by atoms with Gasteiger partial charge in [-0.1, -0.05) is 18.2 Å². The molecule has 1 aliphatic heterocycles. The van der Waals surface area contributed by atoms with Crippen LogP contribution in [0.3, 0.4) is 0 Å². The van der Waals surface area contributed by atoms with Crippen LogP contribution in [-0.4, -0.2) is 38.7 Å². The summed E-state index contributed by atoms with van der Waals surface area (Å²) in [5, 5.41) is 0. The third-order valence-corrected chi connectivity index (χ3v) is 5.74. The third kappa shape index (κ3) is 7.36. The molecule has 0 unspecified atom stereocenters. The highest BCUT2D eigenvalue weighted by molar-refractivity contribution is 5.98. The van der Waals surface area contributed by atoms with E-state index in [4.69, 9.17) is 23.4 Å². The van der Waals surface area contributed by atoms with Gasteiger partial charge in [-0.2, -0.15) is 14.0 Å². The Morgan fingerprint density at radius 1 is 1.19 bits per heavy atom. The van der Waals surface area contributed by atoms with Crippen LogP contribution >= 0.6 is 0 Å². The topological polar surface area (TPSA) is 137 Å². The summed E-state index contributed by atoms with van der Waals surface area (Å²) in [4.78, 5) is 19.3. The van der Waals surface area contributed by atoms with Gasteiger partial charge in [0.05, 0.1) is 45.8 Å². The van der Waals surface area contributed by atoms with Gasteiger partial charge in [0.15, 0.2) is 0 Å². The van der Waals surface area contributed by atoms with Gasteiger partial charge < -0.3 is 14.2 Å². The molecule has 192 valence electrons. The van der Waals surface area contributed by atoms with Gasteiger partial charge in [-0.05, 0) is 68.2 Å². The number of carbonyl (C=O) groups excluding carboxylic acids is 1. The van der Waals surface area contributed by atoms with E-state index < -0.39 is 10.2 Å². The van der Waals surface area contributed by atoms with Gasteiger partial charge >= 0.3 is 0 Å². The molecule has 1 aliphatic rings. The number of benzene rings is 2. The Bertz CT molecular complexity index is 1220. The van der Waals surface area contributed by atoms with Crippen molar-refractivity contribution in [1.29, 1.82) is 0 Å². The normalized spacial score (nSPS) is 15.9. The molecule has 9 nitrogen and oxygen atoms in total. The molecule has 11 heteroatoms. The molecule has 0 bridgehead atoms. The van der Waals surface area contributed by atoms with Crippen molar-refractivity contribution in [2.75, 3.05) is 13.7 Å². The minimum atomic E-state index is -4.69. The summed E-state index contributed by atoms with van der Waals surface area (Å²) >= 11 is 0. The highest BCUT2D eigenvalue weighted by Gasteiger charge is 2.28. The summed E-state index contributed by atoms with van der Waals surface area (Å²) in [6.07, 6.45) is 7.26. The molecule has 3 aromatic rings. The lowest BCUT2D eigenvalue weighted by atomic mass is 9.97. The molecule has 0 spiro atoms. The predicted molar refractivity (Wildman–Crippen MR) is 121 cm³/mol. The number of methoxy groups -OCH3 is 1. The summed E-state index contributed by atoms with van der Waals surface area (Å²) in [7, 11) is -3.06. The quantitative estimate of drug-likeness (QED) is 0.496. The molecule has 0 aliphatic carbocycles. The van der Waals surface area contributed by atoms with Gasteiger partial charge in [-0.25, -0.2) is 9.37 Å². The fourth-order valence-electron chi connectivity index (χ4n) is 4.01. The van der Waals surface area contributed by atoms with Gasteiger partial charge in [-0.15, -0.1) is 0 Å². The Labute approximate surface area is 210 Å². The number of halogens is 2. The van der Waals surface area contributed by atoms with Crippen molar-refractivity contribution in [3.63, 3.8) is 0 Å². The average Bonchev–Trinajstić information content (AvgIpc) is 3.25. The molecule has 1 fully saturated rings. The zero-order valence-electron chi connectivity index (χ0n) is 20.1. The van der Waals surface area contributed by atoms with Crippen molar-refractivity contribution in [3.05, 3.63) is 83.2 Å². The second-order valence-corrected chi connectivity index (χ2v) is 9.04. The van der Waals surface area contributed by atoms with E-state index in [0.29, 0.717) is 12.3 Å². The Balaban J connectivity index is 0.000000658. The highest BCUT2D eigenvalue weighted by atomic mass is 35.7. The Morgan fingerprint density at radius 2 is 1.86 bits per heavy atom. The molecular formula is C25H27ClFN3O6. The number of nitrogens with zero attached hydrogens (tertiary/aromatic N) is 3. The number of imidazole rings is 1. The highest BCUT2D eigenvalue weighted by Crippen LogP contribution is 2.30. The van der Waals surface area contributed by atoms with Crippen LogP contribution in [0.2, 0.25) is 0 Å². The fourth-order valence-corrected chi connectivity index (χ4v) is 4.01. The van der Waals surface area contributed by atoms with Crippen LogP contribution in [0.5, 0.6) is 5.75 Å². The summed E-state index contributed by atoms with van der Waals surface area (Å²) in [5.41, 5.74) is 4.44. The lowest BCUT2D eigenvalue weighted by Crippen LogP contribution is -2.58. The van der Waals surface area contributed by atoms with Crippen molar-refractivity contribution in [3.8, 4) is 11.4 Å². The first kappa shape index (κ1) is 27.3. The molecule has 36 heavy (non-hydrogen) atoms. The van der Waals surface area contributed by atoms with Crippen LogP contribution in [0.25, 0.3) is 11.8 Å². The lowest BCUT2D eigenvalue weighted by Gasteiger charge is -2.34. The summed E-state index contributed by atoms with van der Waals surface area (Å²) in [6.45, 7) is 4.62. The molecule has 1 aromatic heterocycles. The van der Waals surface area contributed by atoms with Crippen molar-refractivity contribution >= 4 is 12.0 Å². The summed E-state index contributed by atoms with van der Waals surface area (Å²) < 4.78 is 53.5. The minimum absolute atomic E-state index is 0.0244. The second kappa shape index (κ2) is 11.6. The average molecular weight is 520 g/mol. The van der Waals surface area contributed by atoms with Crippen molar-refractivity contribution in [1.82, 2.24) is 14.5 Å². The standard InChI is InChI=1S/C25H26FN3O2.ClHO4/c1-17-15-28(16-27-17)23-11-6-19(14-24(23)31-3)13-21-5-4-12-29(25(21)30)18(2)20-7-9-22(26)10-8-20;2-1(3,4)5/h6-11,13-16,18H,4-5,12H2,1-3H3;(H,2,3,4,5)/t18-;/m0./s1. The lowest BCUT2D eigenvalue weighted by molar-refractivity contribution is -1.92. The van der Waals surface area contributed by atoms with E-state index in [9.17, 15) is 9.18 Å². The van der Waals surface area contributed by atoms with Gasteiger partial charge in [0.25, 0.3) is 0 Å². The molecule has 0 saturated carbocycles. The van der Waals surface area contributed by atoms with Gasteiger partial charge in [0.2, 0.25) is 5.91 Å². The first-order chi connectivity index (χ1) is 17.0. The van der Waals surface area contributed by atoms with Crippen LogP contribution in [0.4, 0.5) is 4.39 Å². The Morgan fingerprint density at radius 3 is 2.44 bits per heavy atom. The number of hydrogen-bond acceptors (Lipinski definition) is 7. The largest absolute Gasteiger partial charge is 0.495 e. The second-order valence-electron chi connectivity index (χ2n) is 8.25. The van der Waals surface area contributed by atoms with E-state index in [2.05, 4.69) is 4.98 Å². The SMILES string of the molecule is COc1cc(C=C2CCCN([C@@H](C)c3ccc(F)cc3)C2=O)ccc1-n1cnc(C)c1.[O-][Cl+3]([O-])([O-])O. The van der Waals surface area contributed by atoms with Crippen molar-refractivity contribution in [2.45, 2.75) is 32.7 Å². The molecular weight excluding hydrogens is 493 g/mol.